The summed E-state index contributed by atoms with van der Waals surface area (Å²) in [5.41, 5.74) is 2.32. The summed E-state index contributed by atoms with van der Waals surface area (Å²) in [6, 6.07) is 7.85. The Hall–Kier alpha value is -2.10. The second-order valence-electron chi connectivity index (χ2n) is 4.99. The predicted octanol–water partition coefficient (Wildman–Crippen LogP) is 2.53. The molecule has 0 radical (unpaired) electrons. The maximum absolute atomic E-state index is 12.3. The number of nitrogens with one attached hydrogen (secondary N) is 1. The molecule has 4 nitrogen and oxygen atoms in total. The first kappa shape index (κ1) is 11.0. The van der Waals surface area contributed by atoms with E-state index in [1.165, 1.54) is 0 Å². The number of benzene rings is 1. The van der Waals surface area contributed by atoms with E-state index in [9.17, 15) is 4.79 Å². The summed E-state index contributed by atoms with van der Waals surface area (Å²) in [5, 5.41) is 1.00. The Morgan fingerprint density at radius 3 is 2.89 bits per heavy atom. The van der Waals surface area contributed by atoms with E-state index in [-0.39, 0.29) is 5.56 Å². The first-order valence-electron chi connectivity index (χ1n) is 6.12. The fraction of sp³-hybridized carbons (Fsp3) is 0.286. The molecule has 0 aliphatic rings. The number of H-pyrrole nitrogens is 1. The number of para-hydroxylation sites is 1. The van der Waals surface area contributed by atoms with Gasteiger partial charge in [-0.1, -0.05) is 32.0 Å². The molecule has 1 aromatic carbocycles. The van der Waals surface area contributed by atoms with Crippen molar-refractivity contribution in [3.05, 3.63) is 40.9 Å². The Morgan fingerprint density at radius 2 is 2.11 bits per heavy atom. The Kier molecular flexibility index (Phi) is 2.44. The molecule has 92 valence electrons. The number of fused-ring (bicyclic) bond motifs is 3. The van der Waals surface area contributed by atoms with Gasteiger partial charge in [0.05, 0.1) is 6.33 Å². The quantitative estimate of drug-likeness (QED) is 0.749. The molecule has 2 aromatic heterocycles. The van der Waals surface area contributed by atoms with Gasteiger partial charge in [-0.25, -0.2) is 4.98 Å². The van der Waals surface area contributed by atoms with Crippen LogP contribution in [-0.2, 0) is 6.54 Å². The number of aromatic nitrogens is 3. The fourth-order valence-corrected chi connectivity index (χ4v) is 2.26. The van der Waals surface area contributed by atoms with Gasteiger partial charge in [0.15, 0.2) is 0 Å². The maximum atomic E-state index is 12.3. The first-order valence-corrected chi connectivity index (χ1v) is 6.12. The van der Waals surface area contributed by atoms with Crippen molar-refractivity contribution in [3.8, 4) is 0 Å². The highest BCUT2D eigenvalue weighted by Crippen LogP contribution is 2.20. The largest absolute Gasteiger partial charge is 0.349 e. The molecule has 0 fully saturated rings. The number of hydrogen-bond donors (Lipinski definition) is 1. The summed E-state index contributed by atoms with van der Waals surface area (Å²) in [6.45, 7) is 4.86. The fourth-order valence-electron chi connectivity index (χ4n) is 2.26. The Labute approximate surface area is 104 Å². The zero-order valence-electron chi connectivity index (χ0n) is 10.5. The van der Waals surface area contributed by atoms with Gasteiger partial charge in [0.1, 0.15) is 11.0 Å². The summed E-state index contributed by atoms with van der Waals surface area (Å²) < 4.78 is 1.67. The molecule has 0 saturated carbocycles. The molecule has 2 heterocycles. The molecule has 0 aliphatic carbocycles. The van der Waals surface area contributed by atoms with E-state index < -0.39 is 0 Å². The minimum atomic E-state index is 0.00454. The third-order valence-electron chi connectivity index (χ3n) is 3.04. The molecule has 3 aromatic rings. The average Bonchev–Trinajstić information content (AvgIpc) is 2.72. The van der Waals surface area contributed by atoms with Crippen LogP contribution in [0.2, 0.25) is 0 Å². The van der Waals surface area contributed by atoms with Crippen molar-refractivity contribution < 1.29 is 0 Å². The van der Waals surface area contributed by atoms with Gasteiger partial charge in [-0.2, -0.15) is 0 Å². The van der Waals surface area contributed by atoms with Crippen molar-refractivity contribution >= 4 is 21.9 Å². The van der Waals surface area contributed by atoms with Crippen molar-refractivity contribution in [2.75, 3.05) is 0 Å². The van der Waals surface area contributed by atoms with Crippen LogP contribution in [0, 0.1) is 5.92 Å². The minimum Gasteiger partial charge on any atom is -0.349 e. The summed E-state index contributed by atoms with van der Waals surface area (Å²) in [5.74, 6) is 0.423. The molecule has 0 atom stereocenters. The first-order chi connectivity index (χ1) is 8.66. The van der Waals surface area contributed by atoms with Crippen LogP contribution in [0.5, 0.6) is 0 Å². The van der Waals surface area contributed by atoms with Crippen molar-refractivity contribution in [2.45, 2.75) is 20.4 Å². The molecular weight excluding hydrogens is 226 g/mol. The summed E-state index contributed by atoms with van der Waals surface area (Å²) in [4.78, 5) is 19.9. The minimum absolute atomic E-state index is 0.00454. The van der Waals surface area contributed by atoms with Gasteiger partial charge >= 0.3 is 0 Å². The van der Waals surface area contributed by atoms with Gasteiger partial charge in [0, 0.05) is 17.4 Å². The Morgan fingerprint density at radius 1 is 1.33 bits per heavy atom. The molecule has 0 unspecified atom stereocenters. The van der Waals surface area contributed by atoms with E-state index in [1.807, 2.05) is 24.3 Å². The highest BCUT2D eigenvalue weighted by atomic mass is 16.1. The third-order valence-corrected chi connectivity index (χ3v) is 3.04. The van der Waals surface area contributed by atoms with Crippen LogP contribution < -0.4 is 5.56 Å². The van der Waals surface area contributed by atoms with Gasteiger partial charge < -0.3 is 4.98 Å². The average molecular weight is 241 g/mol. The second-order valence-corrected chi connectivity index (χ2v) is 4.99. The van der Waals surface area contributed by atoms with Crippen molar-refractivity contribution in [1.82, 2.24) is 14.5 Å². The van der Waals surface area contributed by atoms with Crippen molar-refractivity contribution in [1.29, 1.82) is 0 Å². The Bertz CT molecular complexity index is 767. The molecule has 4 heteroatoms. The zero-order chi connectivity index (χ0) is 12.7. The third kappa shape index (κ3) is 1.61. The maximum Gasteiger partial charge on any atom is 0.277 e. The number of aromatic amines is 1. The highest BCUT2D eigenvalue weighted by molar-refractivity contribution is 6.04. The molecule has 0 amide bonds. The standard InChI is InChI=1S/C14H15N3O/c1-9(2)7-17-8-15-12-10-5-3-4-6-11(10)16-13(12)14(17)18/h3-6,8-9,16H,7H2,1-2H3. The predicted molar refractivity (Wildman–Crippen MR) is 72.7 cm³/mol. The molecule has 3 rings (SSSR count). The van der Waals surface area contributed by atoms with E-state index in [0.717, 1.165) is 16.4 Å². The highest BCUT2D eigenvalue weighted by Gasteiger charge is 2.10. The van der Waals surface area contributed by atoms with E-state index in [0.29, 0.717) is 18.0 Å². The van der Waals surface area contributed by atoms with Crippen LogP contribution in [0.25, 0.3) is 21.9 Å². The summed E-state index contributed by atoms with van der Waals surface area (Å²) in [6.07, 6.45) is 1.64. The molecule has 0 bridgehead atoms. The molecule has 0 spiro atoms. The normalized spacial score (nSPS) is 11.7. The molecule has 1 N–H and O–H groups in total. The van der Waals surface area contributed by atoms with E-state index in [1.54, 1.807) is 10.9 Å². The number of hydrogen-bond acceptors (Lipinski definition) is 2. The van der Waals surface area contributed by atoms with E-state index in [4.69, 9.17) is 0 Å². The van der Waals surface area contributed by atoms with Crippen LogP contribution in [0.3, 0.4) is 0 Å². The van der Waals surface area contributed by atoms with E-state index in [2.05, 4.69) is 23.8 Å². The van der Waals surface area contributed by atoms with Crippen LogP contribution in [0.1, 0.15) is 13.8 Å². The van der Waals surface area contributed by atoms with Gasteiger partial charge in [0.2, 0.25) is 0 Å². The van der Waals surface area contributed by atoms with Crippen LogP contribution in [-0.4, -0.2) is 14.5 Å². The molecule has 18 heavy (non-hydrogen) atoms. The van der Waals surface area contributed by atoms with Gasteiger partial charge in [-0.15, -0.1) is 0 Å². The van der Waals surface area contributed by atoms with Gasteiger partial charge in [0.25, 0.3) is 5.56 Å². The number of nitrogens with zero attached hydrogens (tertiary/aromatic N) is 2. The zero-order valence-corrected chi connectivity index (χ0v) is 10.5. The molecule has 0 saturated heterocycles. The van der Waals surface area contributed by atoms with Crippen molar-refractivity contribution in [3.63, 3.8) is 0 Å². The lowest BCUT2D eigenvalue weighted by molar-refractivity contribution is 0.508. The van der Waals surface area contributed by atoms with E-state index >= 15 is 0 Å². The molecule has 0 aliphatic heterocycles. The van der Waals surface area contributed by atoms with Crippen molar-refractivity contribution in [2.24, 2.45) is 5.92 Å². The smallest absolute Gasteiger partial charge is 0.277 e. The lowest BCUT2D eigenvalue weighted by atomic mass is 10.2. The molecular formula is C14H15N3O. The lowest BCUT2D eigenvalue weighted by Gasteiger charge is -2.07. The Balaban J connectivity index is 2.32. The monoisotopic (exact) mass is 241 g/mol. The summed E-state index contributed by atoms with van der Waals surface area (Å²) in [7, 11) is 0. The summed E-state index contributed by atoms with van der Waals surface area (Å²) >= 11 is 0. The van der Waals surface area contributed by atoms with Crippen LogP contribution >= 0.6 is 0 Å². The van der Waals surface area contributed by atoms with Crippen LogP contribution in [0.15, 0.2) is 35.4 Å². The topological polar surface area (TPSA) is 50.7 Å². The van der Waals surface area contributed by atoms with Crippen LogP contribution in [0.4, 0.5) is 0 Å². The van der Waals surface area contributed by atoms with Gasteiger partial charge in [-0.3, -0.25) is 9.36 Å². The lowest BCUT2D eigenvalue weighted by Crippen LogP contribution is -2.22. The second kappa shape index (κ2) is 3.98. The SMILES string of the molecule is CC(C)Cn1cnc2c([nH]c3ccccc32)c1=O. The number of rotatable bonds is 2. The van der Waals surface area contributed by atoms with Gasteiger partial charge in [-0.05, 0) is 12.0 Å².